The summed E-state index contributed by atoms with van der Waals surface area (Å²) in [5.41, 5.74) is 0.841. The van der Waals surface area contributed by atoms with E-state index in [4.69, 9.17) is 29.0 Å². The smallest absolute Gasteiger partial charge is 0.303 e. The van der Waals surface area contributed by atoms with Crippen LogP contribution in [0.2, 0.25) is 0 Å². The fourth-order valence-corrected chi connectivity index (χ4v) is 0.668. The standard InChI is InChI=1S/C5H11O4P.H3O4P/c1-5(2)3-4-9-10(6,7)8;1-5(2,3)4/h1,3-4H2,2H3,(H2,6,7,8);(H3,1,2,3,4). The van der Waals surface area contributed by atoms with Crippen molar-refractivity contribution in [2.45, 2.75) is 13.3 Å². The molecule has 0 fully saturated rings. The molecule has 0 spiro atoms. The minimum atomic E-state index is -4.64. The van der Waals surface area contributed by atoms with Gasteiger partial charge < -0.3 is 24.5 Å². The van der Waals surface area contributed by atoms with E-state index in [1.54, 1.807) is 6.92 Å². The van der Waals surface area contributed by atoms with Crippen LogP contribution in [0.4, 0.5) is 0 Å². The highest BCUT2D eigenvalue weighted by Crippen LogP contribution is 2.35. The molecular weight excluding hydrogens is 250 g/mol. The molecule has 0 saturated carbocycles. The summed E-state index contributed by atoms with van der Waals surface area (Å²) in [5.74, 6) is 0. The first kappa shape index (κ1) is 17.4. The van der Waals surface area contributed by atoms with Crippen molar-refractivity contribution in [3.05, 3.63) is 12.2 Å². The predicted octanol–water partition coefficient (Wildman–Crippen LogP) is 0.133. The van der Waals surface area contributed by atoms with Crippen molar-refractivity contribution in [2.75, 3.05) is 6.61 Å². The van der Waals surface area contributed by atoms with Gasteiger partial charge in [0.2, 0.25) is 0 Å². The van der Waals surface area contributed by atoms with Crippen LogP contribution in [-0.2, 0) is 13.7 Å². The minimum Gasteiger partial charge on any atom is -0.303 e. The van der Waals surface area contributed by atoms with Crippen LogP contribution in [0, 0.1) is 0 Å². The third kappa shape index (κ3) is 41.2. The first-order valence-corrected chi connectivity index (χ1v) is 6.64. The molecule has 8 nitrogen and oxygen atoms in total. The van der Waals surface area contributed by atoms with Crippen molar-refractivity contribution in [3.63, 3.8) is 0 Å². The quantitative estimate of drug-likeness (QED) is 0.356. The van der Waals surface area contributed by atoms with Crippen LogP contribution >= 0.6 is 15.6 Å². The summed E-state index contributed by atoms with van der Waals surface area (Å²) in [4.78, 5) is 37.9. The molecule has 0 aliphatic heterocycles. The van der Waals surface area contributed by atoms with E-state index in [-0.39, 0.29) is 6.61 Å². The fraction of sp³-hybridized carbons (Fsp3) is 0.600. The Morgan fingerprint density at radius 2 is 1.53 bits per heavy atom. The molecule has 0 aromatic heterocycles. The molecular formula is C5H14O8P2. The molecule has 0 rings (SSSR count). The summed E-state index contributed by atoms with van der Waals surface area (Å²) in [5, 5.41) is 0. The molecule has 0 atom stereocenters. The lowest BCUT2D eigenvalue weighted by atomic mass is 10.3. The van der Waals surface area contributed by atoms with Crippen LogP contribution in [0.15, 0.2) is 12.2 Å². The Morgan fingerprint density at radius 3 is 1.73 bits per heavy atom. The minimum absolute atomic E-state index is 0.0274. The largest absolute Gasteiger partial charge is 0.469 e. The molecule has 0 aromatic rings. The lowest BCUT2D eigenvalue weighted by Crippen LogP contribution is -1.91. The lowest BCUT2D eigenvalue weighted by molar-refractivity contribution is 0.199. The average molecular weight is 264 g/mol. The molecule has 5 N–H and O–H groups in total. The normalized spacial score (nSPS) is 11.6. The van der Waals surface area contributed by atoms with E-state index in [0.29, 0.717) is 6.42 Å². The third-order valence-corrected chi connectivity index (χ3v) is 1.31. The highest BCUT2D eigenvalue weighted by atomic mass is 31.2. The van der Waals surface area contributed by atoms with Crippen molar-refractivity contribution in [1.29, 1.82) is 0 Å². The highest BCUT2D eigenvalue weighted by molar-refractivity contribution is 7.46. The molecule has 0 unspecified atom stereocenters. The van der Waals surface area contributed by atoms with Crippen LogP contribution in [-0.4, -0.2) is 31.1 Å². The second kappa shape index (κ2) is 7.27. The molecule has 0 radical (unpaired) electrons. The van der Waals surface area contributed by atoms with E-state index in [1.165, 1.54) is 0 Å². The zero-order valence-corrected chi connectivity index (χ0v) is 9.77. The first-order valence-electron chi connectivity index (χ1n) is 3.54. The average Bonchev–Trinajstić information content (AvgIpc) is 1.77. The molecule has 0 aromatic carbocycles. The van der Waals surface area contributed by atoms with Gasteiger partial charge in [-0.05, 0) is 13.3 Å². The van der Waals surface area contributed by atoms with Gasteiger partial charge in [-0.2, -0.15) is 0 Å². The van der Waals surface area contributed by atoms with Crippen molar-refractivity contribution >= 4 is 15.6 Å². The Morgan fingerprint density at radius 1 is 1.20 bits per heavy atom. The Balaban J connectivity index is 0. The summed E-state index contributed by atoms with van der Waals surface area (Å²) in [6, 6.07) is 0. The SMILES string of the molecule is C=C(C)CCOP(=O)(O)O.O=P(O)(O)O. The van der Waals surface area contributed by atoms with E-state index in [0.717, 1.165) is 5.57 Å². The lowest BCUT2D eigenvalue weighted by Gasteiger charge is -2.03. The van der Waals surface area contributed by atoms with Gasteiger partial charge in [-0.25, -0.2) is 9.13 Å². The van der Waals surface area contributed by atoms with Gasteiger partial charge in [0.25, 0.3) is 0 Å². The van der Waals surface area contributed by atoms with Crippen LogP contribution in [0.3, 0.4) is 0 Å². The van der Waals surface area contributed by atoms with Crippen LogP contribution in [0.5, 0.6) is 0 Å². The van der Waals surface area contributed by atoms with Gasteiger partial charge in [-0.15, -0.1) is 6.58 Å². The maximum Gasteiger partial charge on any atom is 0.469 e. The molecule has 0 aliphatic rings. The second-order valence-electron chi connectivity index (χ2n) is 2.54. The van der Waals surface area contributed by atoms with E-state index >= 15 is 0 Å². The number of hydrogen-bond donors (Lipinski definition) is 5. The van der Waals surface area contributed by atoms with Crippen LogP contribution < -0.4 is 0 Å². The number of rotatable bonds is 4. The van der Waals surface area contributed by atoms with E-state index in [1.807, 2.05) is 0 Å². The highest BCUT2D eigenvalue weighted by Gasteiger charge is 2.12. The fourth-order valence-electron chi connectivity index (χ4n) is 0.339. The number of phosphoric ester groups is 1. The van der Waals surface area contributed by atoms with Gasteiger partial charge >= 0.3 is 15.6 Å². The summed E-state index contributed by atoms with van der Waals surface area (Å²) >= 11 is 0. The summed E-state index contributed by atoms with van der Waals surface area (Å²) in [6.07, 6.45) is 0.477. The number of phosphoric acid groups is 2. The Kier molecular flexibility index (Phi) is 8.41. The topological polar surface area (TPSA) is 145 Å². The first-order chi connectivity index (χ1) is 6.42. The summed E-state index contributed by atoms with van der Waals surface area (Å²) in [6.45, 7) is 5.34. The third-order valence-electron chi connectivity index (χ3n) is 0.788. The van der Waals surface area contributed by atoms with Crippen molar-refractivity contribution in [1.82, 2.24) is 0 Å². The molecule has 10 heteroatoms. The maximum absolute atomic E-state index is 10.1. The molecule has 15 heavy (non-hydrogen) atoms. The monoisotopic (exact) mass is 264 g/mol. The Hall–Kier alpha value is -0.0400. The zero-order chi connectivity index (χ0) is 12.7. The summed E-state index contributed by atoms with van der Waals surface area (Å²) < 4.78 is 23.1. The molecule has 92 valence electrons. The van der Waals surface area contributed by atoms with Gasteiger partial charge in [0.15, 0.2) is 0 Å². The van der Waals surface area contributed by atoms with E-state index < -0.39 is 15.6 Å². The second-order valence-corrected chi connectivity index (χ2v) is 4.81. The zero-order valence-electron chi connectivity index (χ0n) is 7.98. The predicted molar refractivity (Wildman–Crippen MR) is 51.7 cm³/mol. The van der Waals surface area contributed by atoms with Gasteiger partial charge in [-0.1, -0.05) is 5.57 Å². The van der Waals surface area contributed by atoms with Crippen LogP contribution in [0.25, 0.3) is 0 Å². The Bertz CT molecular complexity index is 266. The molecule has 0 aliphatic carbocycles. The number of hydrogen-bond acceptors (Lipinski definition) is 3. The van der Waals surface area contributed by atoms with Gasteiger partial charge in [0, 0.05) is 0 Å². The van der Waals surface area contributed by atoms with Gasteiger partial charge in [-0.3, -0.25) is 4.52 Å². The van der Waals surface area contributed by atoms with Crippen molar-refractivity contribution in [3.8, 4) is 0 Å². The molecule has 0 saturated heterocycles. The van der Waals surface area contributed by atoms with E-state index in [9.17, 15) is 4.57 Å². The van der Waals surface area contributed by atoms with Crippen molar-refractivity contribution in [2.24, 2.45) is 0 Å². The van der Waals surface area contributed by atoms with Crippen molar-refractivity contribution < 1.29 is 38.1 Å². The molecule has 0 bridgehead atoms. The molecule has 0 heterocycles. The maximum atomic E-state index is 10.1. The van der Waals surface area contributed by atoms with E-state index in [2.05, 4.69) is 11.1 Å². The van der Waals surface area contributed by atoms with Gasteiger partial charge in [0.05, 0.1) is 6.61 Å². The van der Waals surface area contributed by atoms with Gasteiger partial charge in [0.1, 0.15) is 0 Å². The molecule has 0 amide bonds. The Labute approximate surface area is 86.7 Å². The van der Waals surface area contributed by atoms with Crippen LogP contribution in [0.1, 0.15) is 13.3 Å². The summed E-state index contributed by atoms with van der Waals surface area (Å²) in [7, 11) is -8.90.